The Bertz CT molecular complexity index is 617. The minimum atomic E-state index is -0.446. The number of halogens is 1. The number of hydrogen-bond donors (Lipinski definition) is 2. The van der Waals surface area contributed by atoms with Gasteiger partial charge in [0.05, 0.1) is 30.2 Å². The first kappa shape index (κ1) is 12.8. The molecule has 6 heteroatoms. The largest absolute Gasteiger partial charge is 0.494 e. The van der Waals surface area contributed by atoms with Crippen LogP contribution < -0.4 is 15.8 Å². The maximum Gasteiger partial charge on any atom is 0.257 e. The van der Waals surface area contributed by atoms with Crippen LogP contribution in [0.3, 0.4) is 0 Å². The molecule has 0 radical (unpaired) electrons. The van der Waals surface area contributed by atoms with Crippen LogP contribution in [-0.4, -0.2) is 18.0 Å². The first-order valence-electron chi connectivity index (χ1n) is 5.46. The van der Waals surface area contributed by atoms with Crippen molar-refractivity contribution in [2.75, 3.05) is 18.2 Å². The quantitative estimate of drug-likeness (QED) is 0.886. The van der Waals surface area contributed by atoms with E-state index in [9.17, 15) is 9.18 Å². The highest BCUT2D eigenvalue weighted by Crippen LogP contribution is 2.25. The number of nitrogens with two attached hydrogens (primary N) is 1. The molecule has 98 valence electrons. The number of anilines is 2. The third kappa shape index (κ3) is 2.79. The number of amides is 1. The fourth-order valence-corrected chi connectivity index (χ4v) is 1.57. The molecule has 1 amide bonds. The summed E-state index contributed by atoms with van der Waals surface area (Å²) < 4.78 is 18.0. The van der Waals surface area contributed by atoms with Gasteiger partial charge >= 0.3 is 0 Å². The Morgan fingerprint density at radius 1 is 1.42 bits per heavy atom. The number of carbonyl (C=O) groups is 1. The second kappa shape index (κ2) is 5.34. The third-order valence-electron chi connectivity index (χ3n) is 2.51. The van der Waals surface area contributed by atoms with Crippen molar-refractivity contribution in [2.24, 2.45) is 0 Å². The summed E-state index contributed by atoms with van der Waals surface area (Å²) in [4.78, 5) is 15.8. The minimum Gasteiger partial charge on any atom is -0.494 e. The topological polar surface area (TPSA) is 77.2 Å². The zero-order valence-electron chi connectivity index (χ0n) is 10.2. The summed E-state index contributed by atoms with van der Waals surface area (Å²) >= 11 is 0. The van der Waals surface area contributed by atoms with Crippen LogP contribution in [0, 0.1) is 5.82 Å². The summed E-state index contributed by atoms with van der Waals surface area (Å²) in [5, 5.41) is 2.61. The van der Waals surface area contributed by atoms with E-state index >= 15 is 0 Å². The zero-order valence-corrected chi connectivity index (χ0v) is 10.2. The average molecular weight is 261 g/mol. The second-order valence-electron chi connectivity index (χ2n) is 3.76. The van der Waals surface area contributed by atoms with Crippen LogP contribution in [-0.2, 0) is 0 Å². The number of pyridine rings is 1. The molecule has 19 heavy (non-hydrogen) atoms. The average Bonchev–Trinajstić information content (AvgIpc) is 2.41. The molecule has 0 saturated carbocycles. The number of aromatic nitrogens is 1. The molecule has 0 fully saturated rings. The van der Waals surface area contributed by atoms with E-state index in [2.05, 4.69) is 10.3 Å². The van der Waals surface area contributed by atoms with E-state index in [1.54, 1.807) is 0 Å². The van der Waals surface area contributed by atoms with Gasteiger partial charge in [-0.05, 0) is 18.2 Å². The van der Waals surface area contributed by atoms with Gasteiger partial charge in [-0.15, -0.1) is 0 Å². The molecule has 0 bridgehead atoms. The lowest BCUT2D eigenvalue weighted by atomic mass is 10.2. The van der Waals surface area contributed by atoms with Crippen molar-refractivity contribution in [3.63, 3.8) is 0 Å². The van der Waals surface area contributed by atoms with E-state index in [-0.39, 0.29) is 11.4 Å². The number of ether oxygens (including phenoxy) is 1. The van der Waals surface area contributed by atoms with Crippen LogP contribution in [0.15, 0.2) is 36.7 Å². The van der Waals surface area contributed by atoms with Gasteiger partial charge in [0.2, 0.25) is 0 Å². The van der Waals surface area contributed by atoms with E-state index in [1.807, 2.05) is 0 Å². The molecule has 0 saturated heterocycles. The first-order valence-corrected chi connectivity index (χ1v) is 5.46. The van der Waals surface area contributed by atoms with Crippen molar-refractivity contribution >= 4 is 17.3 Å². The van der Waals surface area contributed by atoms with E-state index in [0.717, 1.165) is 0 Å². The molecular weight excluding hydrogens is 249 g/mol. The van der Waals surface area contributed by atoms with Crippen molar-refractivity contribution < 1.29 is 13.9 Å². The maximum absolute atomic E-state index is 13.0. The van der Waals surface area contributed by atoms with Gasteiger partial charge in [-0.1, -0.05) is 0 Å². The van der Waals surface area contributed by atoms with Gasteiger partial charge in [0.25, 0.3) is 5.91 Å². The Kier molecular flexibility index (Phi) is 3.61. The van der Waals surface area contributed by atoms with Crippen LogP contribution in [0.4, 0.5) is 15.8 Å². The fraction of sp³-hybridized carbons (Fsp3) is 0.0769. The molecule has 5 nitrogen and oxygen atoms in total. The highest BCUT2D eigenvalue weighted by Gasteiger charge is 2.12. The smallest absolute Gasteiger partial charge is 0.257 e. The predicted molar refractivity (Wildman–Crippen MR) is 69.6 cm³/mol. The summed E-state index contributed by atoms with van der Waals surface area (Å²) in [6.07, 6.45) is 2.85. The molecule has 0 unspecified atom stereocenters. The second-order valence-corrected chi connectivity index (χ2v) is 3.76. The number of carbonyl (C=O) groups excluding carboxylic acids is 1. The minimum absolute atomic E-state index is 0.237. The molecule has 0 aliphatic carbocycles. The van der Waals surface area contributed by atoms with Gasteiger partial charge < -0.3 is 15.8 Å². The van der Waals surface area contributed by atoms with Crippen LogP contribution in [0.1, 0.15) is 10.4 Å². The highest BCUT2D eigenvalue weighted by atomic mass is 19.1. The van der Waals surface area contributed by atoms with E-state index in [1.165, 1.54) is 43.8 Å². The number of methoxy groups -OCH3 is 1. The fourth-order valence-electron chi connectivity index (χ4n) is 1.57. The summed E-state index contributed by atoms with van der Waals surface area (Å²) in [5.74, 6) is -0.621. The SMILES string of the molecule is COc1cc(F)ccc1NC(=O)c1ccncc1N. The monoisotopic (exact) mass is 261 g/mol. The maximum atomic E-state index is 13.0. The summed E-state index contributed by atoms with van der Waals surface area (Å²) in [5.41, 5.74) is 6.58. The summed E-state index contributed by atoms with van der Waals surface area (Å²) in [6, 6.07) is 5.34. The van der Waals surface area contributed by atoms with E-state index in [4.69, 9.17) is 10.5 Å². The molecule has 2 aromatic rings. The zero-order chi connectivity index (χ0) is 13.8. The van der Waals surface area contributed by atoms with Crippen LogP contribution >= 0.6 is 0 Å². The molecule has 1 aromatic carbocycles. The number of benzene rings is 1. The van der Waals surface area contributed by atoms with Crippen molar-refractivity contribution in [2.45, 2.75) is 0 Å². The molecule has 2 rings (SSSR count). The van der Waals surface area contributed by atoms with Crippen LogP contribution in [0.2, 0.25) is 0 Å². The summed E-state index contributed by atoms with van der Waals surface area (Å²) in [7, 11) is 1.39. The number of nitrogen functional groups attached to an aromatic ring is 1. The number of nitrogens with one attached hydrogen (secondary N) is 1. The molecule has 0 aliphatic rings. The Morgan fingerprint density at radius 3 is 2.89 bits per heavy atom. The highest BCUT2D eigenvalue weighted by molar-refractivity contribution is 6.08. The van der Waals surface area contributed by atoms with Crippen LogP contribution in [0.25, 0.3) is 0 Å². The Morgan fingerprint density at radius 2 is 2.21 bits per heavy atom. The van der Waals surface area contributed by atoms with Crippen molar-refractivity contribution in [1.82, 2.24) is 4.98 Å². The standard InChI is InChI=1S/C13H12FN3O2/c1-19-12-6-8(14)2-3-11(12)17-13(18)9-4-5-16-7-10(9)15/h2-7H,15H2,1H3,(H,17,18). The molecule has 3 N–H and O–H groups in total. The van der Waals surface area contributed by atoms with Crippen molar-refractivity contribution in [1.29, 1.82) is 0 Å². The molecule has 0 aliphatic heterocycles. The molecule has 0 spiro atoms. The normalized spacial score (nSPS) is 10.0. The third-order valence-corrected chi connectivity index (χ3v) is 2.51. The van der Waals surface area contributed by atoms with Gasteiger partial charge in [-0.3, -0.25) is 9.78 Å². The lowest BCUT2D eigenvalue weighted by Crippen LogP contribution is -2.14. The number of rotatable bonds is 3. The predicted octanol–water partition coefficient (Wildman–Crippen LogP) is 2.06. The van der Waals surface area contributed by atoms with E-state index < -0.39 is 11.7 Å². The Balaban J connectivity index is 2.27. The molecule has 0 atom stereocenters. The molecule has 1 heterocycles. The number of nitrogens with zero attached hydrogens (tertiary/aromatic N) is 1. The van der Waals surface area contributed by atoms with Gasteiger partial charge in [-0.25, -0.2) is 4.39 Å². The van der Waals surface area contributed by atoms with Gasteiger partial charge in [-0.2, -0.15) is 0 Å². The van der Waals surface area contributed by atoms with Crippen LogP contribution in [0.5, 0.6) is 5.75 Å². The molecular formula is C13H12FN3O2. The van der Waals surface area contributed by atoms with Gasteiger partial charge in [0.15, 0.2) is 0 Å². The lowest BCUT2D eigenvalue weighted by molar-refractivity contribution is 0.102. The summed E-state index contributed by atoms with van der Waals surface area (Å²) in [6.45, 7) is 0. The van der Waals surface area contributed by atoms with E-state index in [0.29, 0.717) is 11.3 Å². The first-order chi connectivity index (χ1) is 9.11. The van der Waals surface area contributed by atoms with Gasteiger partial charge in [0, 0.05) is 12.3 Å². The Labute approximate surface area is 109 Å². The van der Waals surface area contributed by atoms with Gasteiger partial charge in [0.1, 0.15) is 11.6 Å². The Hall–Kier alpha value is -2.63. The lowest BCUT2D eigenvalue weighted by Gasteiger charge is -2.11. The van der Waals surface area contributed by atoms with Crippen molar-refractivity contribution in [3.8, 4) is 5.75 Å². The van der Waals surface area contributed by atoms with Crippen molar-refractivity contribution in [3.05, 3.63) is 48.0 Å². The molecule has 1 aromatic heterocycles. The number of hydrogen-bond acceptors (Lipinski definition) is 4.